The van der Waals surface area contributed by atoms with Crippen LogP contribution in [0.1, 0.15) is 0 Å². The van der Waals surface area contributed by atoms with Crippen molar-refractivity contribution in [3.63, 3.8) is 0 Å². The van der Waals surface area contributed by atoms with Crippen molar-refractivity contribution in [2.75, 3.05) is 12.8 Å². The highest BCUT2D eigenvalue weighted by atomic mass is 79.9. The highest BCUT2D eigenvalue weighted by Crippen LogP contribution is 2.42. The van der Waals surface area contributed by atoms with Crippen molar-refractivity contribution < 1.29 is 18.8 Å². The minimum Gasteiger partial charge on any atom is -0.504 e. The molecule has 0 bridgehead atoms. The Bertz CT molecular complexity index is 571. The van der Waals surface area contributed by atoms with Crippen LogP contribution in [-0.2, 0) is 0 Å². The fourth-order valence-corrected chi connectivity index (χ4v) is 1.85. The van der Waals surface area contributed by atoms with E-state index in [9.17, 15) is 9.50 Å². The van der Waals surface area contributed by atoms with Crippen LogP contribution in [0.5, 0.6) is 11.5 Å². The van der Waals surface area contributed by atoms with Gasteiger partial charge < -0.3 is 20.1 Å². The number of ether oxygens (including phenoxy) is 1. The molecule has 7 heteroatoms. The average molecular weight is 303 g/mol. The number of nitrogen functional groups attached to an aromatic ring is 1. The SMILES string of the molecule is COc1c(O)cc(Br)c(F)c1-c1cc(N)on1. The van der Waals surface area contributed by atoms with Crippen LogP contribution in [0.4, 0.5) is 10.3 Å². The smallest absolute Gasteiger partial charge is 0.222 e. The highest BCUT2D eigenvalue weighted by molar-refractivity contribution is 9.10. The number of anilines is 1. The topological polar surface area (TPSA) is 81.5 Å². The second kappa shape index (κ2) is 4.25. The van der Waals surface area contributed by atoms with Crippen LogP contribution in [0.25, 0.3) is 11.3 Å². The van der Waals surface area contributed by atoms with Gasteiger partial charge in [-0.25, -0.2) is 4.39 Å². The number of nitrogens with zero attached hydrogens (tertiary/aromatic N) is 1. The molecule has 0 unspecified atom stereocenters. The standard InChI is InChI=1S/C10H8BrFN2O3/c1-16-10-6(15)2-4(11)9(12)8(10)5-3-7(13)17-14-5/h2-3,15H,13H2,1H3. The quantitative estimate of drug-likeness (QED) is 0.891. The molecular formula is C10H8BrFN2O3. The van der Waals surface area contributed by atoms with Crippen LogP contribution in [0, 0.1) is 5.82 Å². The number of hydrogen-bond acceptors (Lipinski definition) is 5. The number of nitrogens with two attached hydrogens (primary N) is 1. The van der Waals surface area contributed by atoms with Gasteiger partial charge in [0, 0.05) is 12.1 Å². The molecule has 1 aromatic heterocycles. The van der Waals surface area contributed by atoms with E-state index in [0.717, 1.165) is 0 Å². The number of rotatable bonds is 2. The number of phenols is 1. The van der Waals surface area contributed by atoms with Gasteiger partial charge in [-0.2, -0.15) is 0 Å². The molecule has 1 aromatic carbocycles. The average Bonchev–Trinajstić information content (AvgIpc) is 2.69. The first kappa shape index (κ1) is 11.7. The van der Waals surface area contributed by atoms with E-state index in [2.05, 4.69) is 25.6 Å². The van der Waals surface area contributed by atoms with Gasteiger partial charge in [-0.3, -0.25) is 0 Å². The van der Waals surface area contributed by atoms with Gasteiger partial charge in [-0.1, -0.05) is 5.16 Å². The summed E-state index contributed by atoms with van der Waals surface area (Å²) in [7, 11) is 1.31. The molecule has 17 heavy (non-hydrogen) atoms. The summed E-state index contributed by atoms with van der Waals surface area (Å²) in [5.41, 5.74) is 5.50. The molecule has 0 saturated carbocycles. The molecule has 0 radical (unpaired) electrons. The van der Waals surface area contributed by atoms with Crippen LogP contribution in [0.15, 0.2) is 21.1 Å². The molecule has 0 spiro atoms. The van der Waals surface area contributed by atoms with Gasteiger partial charge in [0.1, 0.15) is 5.69 Å². The maximum atomic E-state index is 14.0. The van der Waals surface area contributed by atoms with Crippen molar-refractivity contribution in [3.8, 4) is 22.8 Å². The van der Waals surface area contributed by atoms with Crippen LogP contribution in [0.3, 0.4) is 0 Å². The molecule has 0 aliphatic rings. The lowest BCUT2D eigenvalue weighted by atomic mass is 10.1. The summed E-state index contributed by atoms with van der Waals surface area (Å²) in [4.78, 5) is 0. The van der Waals surface area contributed by atoms with Crippen molar-refractivity contribution in [2.24, 2.45) is 0 Å². The Morgan fingerprint density at radius 1 is 1.53 bits per heavy atom. The summed E-state index contributed by atoms with van der Waals surface area (Å²) in [5, 5.41) is 13.2. The minimum atomic E-state index is -0.618. The van der Waals surface area contributed by atoms with Gasteiger partial charge >= 0.3 is 0 Å². The molecule has 0 fully saturated rings. The maximum Gasteiger partial charge on any atom is 0.222 e. The predicted molar refractivity (Wildman–Crippen MR) is 62.2 cm³/mol. The van der Waals surface area contributed by atoms with Crippen molar-refractivity contribution in [2.45, 2.75) is 0 Å². The molecule has 0 amide bonds. The first-order valence-electron chi connectivity index (χ1n) is 4.52. The van der Waals surface area contributed by atoms with E-state index < -0.39 is 5.82 Å². The second-order valence-electron chi connectivity index (χ2n) is 3.21. The molecule has 0 aliphatic heterocycles. The number of phenolic OH excluding ortho intramolecular Hbond substituents is 1. The second-order valence-corrected chi connectivity index (χ2v) is 4.07. The number of hydrogen-bond donors (Lipinski definition) is 2. The molecule has 1 heterocycles. The van der Waals surface area contributed by atoms with E-state index in [-0.39, 0.29) is 33.1 Å². The Kier molecular flexibility index (Phi) is 2.93. The summed E-state index contributed by atoms with van der Waals surface area (Å²) < 4.78 is 23.7. The number of halogens is 2. The molecule has 0 saturated heterocycles. The van der Waals surface area contributed by atoms with E-state index in [1.807, 2.05) is 0 Å². The Balaban J connectivity index is 2.74. The molecule has 2 aromatic rings. The van der Waals surface area contributed by atoms with E-state index >= 15 is 0 Å². The first-order chi connectivity index (χ1) is 8.04. The molecule has 90 valence electrons. The highest BCUT2D eigenvalue weighted by Gasteiger charge is 2.22. The zero-order valence-corrected chi connectivity index (χ0v) is 10.3. The zero-order valence-electron chi connectivity index (χ0n) is 8.70. The van der Waals surface area contributed by atoms with Crippen molar-refractivity contribution in [3.05, 3.63) is 22.4 Å². The molecular weight excluding hydrogens is 295 g/mol. The summed E-state index contributed by atoms with van der Waals surface area (Å²) >= 11 is 2.98. The van der Waals surface area contributed by atoms with E-state index in [4.69, 9.17) is 10.5 Å². The lowest BCUT2D eigenvalue weighted by Crippen LogP contribution is -1.94. The minimum absolute atomic E-state index is 0.0141. The maximum absolute atomic E-state index is 14.0. The molecule has 5 nitrogen and oxygen atoms in total. The number of benzene rings is 1. The lowest BCUT2D eigenvalue weighted by molar-refractivity contribution is 0.370. The summed E-state index contributed by atoms with van der Waals surface area (Å²) in [6, 6.07) is 2.54. The van der Waals surface area contributed by atoms with Crippen LogP contribution in [0.2, 0.25) is 0 Å². The van der Waals surface area contributed by atoms with Gasteiger partial charge in [-0.15, -0.1) is 0 Å². The Labute approximate surface area is 104 Å². The van der Waals surface area contributed by atoms with Crippen LogP contribution >= 0.6 is 15.9 Å². The fraction of sp³-hybridized carbons (Fsp3) is 0.100. The predicted octanol–water partition coefficient (Wildman–Crippen LogP) is 2.54. The number of methoxy groups -OCH3 is 1. The zero-order chi connectivity index (χ0) is 12.6. The normalized spacial score (nSPS) is 10.5. The van der Waals surface area contributed by atoms with Crippen LogP contribution < -0.4 is 10.5 Å². The van der Waals surface area contributed by atoms with Gasteiger partial charge in [-0.05, 0) is 15.9 Å². The molecule has 3 N–H and O–H groups in total. The van der Waals surface area contributed by atoms with E-state index in [1.54, 1.807) is 0 Å². The number of aromatic nitrogens is 1. The lowest BCUT2D eigenvalue weighted by Gasteiger charge is -2.10. The fourth-order valence-electron chi connectivity index (χ4n) is 1.44. The molecule has 0 atom stereocenters. The third-order valence-corrected chi connectivity index (χ3v) is 2.72. The Morgan fingerprint density at radius 2 is 2.24 bits per heavy atom. The van der Waals surface area contributed by atoms with Crippen molar-refractivity contribution >= 4 is 21.8 Å². The molecule has 0 aliphatic carbocycles. The van der Waals surface area contributed by atoms with Gasteiger partial charge in [0.05, 0.1) is 17.1 Å². The largest absolute Gasteiger partial charge is 0.504 e. The van der Waals surface area contributed by atoms with Crippen LogP contribution in [-0.4, -0.2) is 17.4 Å². The van der Waals surface area contributed by atoms with Gasteiger partial charge in [0.15, 0.2) is 17.3 Å². The third kappa shape index (κ3) is 1.93. The van der Waals surface area contributed by atoms with Gasteiger partial charge in [0.2, 0.25) is 5.88 Å². The summed E-state index contributed by atoms with van der Waals surface area (Å²) in [5.74, 6) is -0.815. The van der Waals surface area contributed by atoms with Crippen molar-refractivity contribution in [1.82, 2.24) is 5.16 Å². The van der Waals surface area contributed by atoms with E-state index in [0.29, 0.717) is 0 Å². The molecule has 2 rings (SSSR count). The number of aromatic hydroxyl groups is 1. The van der Waals surface area contributed by atoms with Crippen molar-refractivity contribution in [1.29, 1.82) is 0 Å². The third-order valence-electron chi connectivity index (χ3n) is 2.14. The Morgan fingerprint density at radius 3 is 2.76 bits per heavy atom. The summed E-state index contributed by atoms with van der Waals surface area (Å²) in [6.07, 6.45) is 0. The first-order valence-corrected chi connectivity index (χ1v) is 5.31. The van der Waals surface area contributed by atoms with Gasteiger partial charge in [0.25, 0.3) is 0 Å². The van der Waals surface area contributed by atoms with E-state index in [1.165, 1.54) is 19.2 Å². The Hall–Kier alpha value is -1.76. The monoisotopic (exact) mass is 302 g/mol. The summed E-state index contributed by atoms with van der Waals surface area (Å²) in [6.45, 7) is 0.